The Morgan fingerprint density at radius 2 is 1.91 bits per heavy atom. The molecule has 1 amide bonds. The van der Waals surface area contributed by atoms with Gasteiger partial charge < -0.3 is 10.1 Å². The topological polar surface area (TPSA) is 111 Å². The van der Waals surface area contributed by atoms with E-state index in [1.165, 1.54) is 10.4 Å². The van der Waals surface area contributed by atoms with Crippen molar-refractivity contribution in [3.63, 3.8) is 0 Å². The first kappa shape index (κ1) is 24.3. The minimum Gasteiger partial charge on any atom is -0.379 e. The van der Waals surface area contributed by atoms with E-state index in [0.29, 0.717) is 36.1 Å². The number of Topliss-reactive ketones (excluding diaryl/α,β-unsaturated/α-hetero) is 1. The van der Waals surface area contributed by atoms with Crippen LogP contribution < -0.4 is 5.32 Å². The first-order valence-corrected chi connectivity index (χ1v) is 12.8. The summed E-state index contributed by atoms with van der Waals surface area (Å²) in [4.78, 5) is 25.8. The number of allylic oxidation sites excluding steroid dienone is 3. The quantitative estimate of drug-likeness (QED) is 0.672. The van der Waals surface area contributed by atoms with Gasteiger partial charge in [-0.1, -0.05) is 11.6 Å². The van der Waals surface area contributed by atoms with Crippen LogP contribution in [0.25, 0.3) is 10.9 Å². The molecule has 1 aliphatic carbocycles. The monoisotopic (exact) mass is 486 g/mol. The first-order chi connectivity index (χ1) is 16.1. The predicted octanol–water partition coefficient (Wildman–Crippen LogP) is 2.60. The van der Waals surface area contributed by atoms with Crippen molar-refractivity contribution < 1.29 is 22.7 Å². The molecule has 1 N–H and O–H groups in total. The molecule has 1 aromatic heterocycles. The maximum atomic E-state index is 13.4. The summed E-state index contributed by atoms with van der Waals surface area (Å²) in [5.41, 5.74) is 3.16. The van der Waals surface area contributed by atoms with Crippen LogP contribution in [0.5, 0.6) is 0 Å². The van der Waals surface area contributed by atoms with Gasteiger partial charge >= 0.3 is 0 Å². The van der Waals surface area contributed by atoms with Crippen molar-refractivity contribution in [3.8, 4) is 0 Å². The number of ether oxygens (including phenoxy) is 1. The van der Waals surface area contributed by atoms with Crippen LogP contribution in [0.3, 0.4) is 0 Å². The Morgan fingerprint density at radius 1 is 1.21 bits per heavy atom. The minimum atomic E-state index is -3.83. The number of sulfonamides is 1. The molecule has 0 spiro atoms. The van der Waals surface area contributed by atoms with Gasteiger partial charge in [0.2, 0.25) is 10.0 Å². The SMILES string of the molecule is CC1=CC(C)=C(CNC(=O)c2cc(S(=O)(=O)N3CCOCC3)cc3c2cnn3C(C)C)C(=O)C1. The zero-order valence-electron chi connectivity index (χ0n) is 19.9. The van der Waals surface area contributed by atoms with Crippen LogP contribution in [0.2, 0.25) is 0 Å². The van der Waals surface area contributed by atoms with Crippen molar-refractivity contribution in [2.45, 2.75) is 45.1 Å². The van der Waals surface area contributed by atoms with Gasteiger partial charge in [-0.15, -0.1) is 0 Å². The van der Waals surface area contributed by atoms with Gasteiger partial charge in [0.25, 0.3) is 5.91 Å². The number of hydrogen-bond donors (Lipinski definition) is 1. The second-order valence-corrected chi connectivity index (χ2v) is 11.0. The highest BCUT2D eigenvalue weighted by Gasteiger charge is 2.29. The Hall–Kier alpha value is -2.82. The number of morpholine rings is 1. The molecule has 2 heterocycles. The normalized spacial score (nSPS) is 18.0. The van der Waals surface area contributed by atoms with Crippen LogP contribution in [0.4, 0.5) is 0 Å². The summed E-state index contributed by atoms with van der Waals surface area (Å²) >= 11 is 0. The Morgan fingerprint density at radius 3 is 2.56 bits per heavy atom. The van der Waals surface area contributed by atoms with E-state index >= 15 is 0 Å². The van der Waals surface area contributed by atoms with E-state index in [1.807, 2.05) is 33.8 Å². The second-order valence-electron chi connectivity index (χ2n) is 9.04. The highest BCUT2D eigenvalue weighted by Crippen LogP contribution is 2.28. The van der Waals surface area contributed by atoms with E-state index < -0.39 is 15.9 Å². The lowest BCUT2D eigenvalue weighted by atomic mass is 9.92. The molecule has 1 aliphatic heterocycles. The Bertz CT molecular complexity index is 1310. The van der Waals surface area contributed by atoms with Crippen LogP contribution in [0.1, 0.15) is 50.5 Å². The number of hydrogen-bond acceptors (Lipinski definition) is 6. The van der Waals surface area contributed by atoms with E-state index in [4.69, 9.17) is 4.74 Å². The van der Waals surface area contributed by atoms with Crippen LogP contribution in [0.15, 0.2) is 46.0 Å². The third kappa shape index (κ3) is 4.57. The maximum Gasteiger partial charge on any atom is 0.252 e. The molecule has 0 unspecified atom stereocenters. The first-order valence-electron chi connectivity index (χ1n) is 11.4. The average molecular weight is 487 g/mol. The van der Waals surface area contributed by atoms with Gasteiger partial charge in [0.05, 0.1) is 35.4 Å². The molecule has 4 rings (SSSR count). The molecule has 1 aromatic carbocycles. The molecule has 0 bridgehead atoms. The van der Waals surface area contributed by atoms with Crippen LogP contribution in [0, 0.1) is 0 Å². The molecular formula is C24H30N4O5S. The summed E-state index contributed by atoms with van der Waals surface area (Å²) in [5.74, 6) is -0.467. The van der Waals surface area contributed by atoms with Gasteiger partial charge in [-0.25, -0.2) is 8.42 Å². The molecule has 1 saturated heterocycles. The molecule has 34 heavy (non-hydrogen) atoms. The summed E-state index contributed by atoms with van der Waals surface area (Å²) in [6, 6.07) is 2.95. The molecule has 2 aliphatic rings. The number of carbonyl (C=O) groups excluding carboxylic acids is 2. The number of ketones is 1. The van der Waals surface area contributed by atoms with E-state index in [-0.39, 0.29) is 41.9 Å². The second kappa shape index (κ2) is 9.44. The molecule has 0 atom stereocenters. The molecule has 182 valence electrons. The van der Waals surface area contributed by atoms with E-state index in [0.717, 1.165) is 11.1 Å². The lowest BCUT2D eigenvalue weighted by Crippen LogP contribution is -2.40. The summed E-state index contributed by atoms with van der Waals surface area (Å²) in [6.07, 6.45) is 3.86. The molecular weight excluding hydrogens is 456 g/mol. The van der Waals surface area contributed by atoms with E-state index in [2.05, 4.69) is 10.4 Å². The molecule has 1 fully saturated rings. The van der Waals surface area contributed by atoms with Gasteiger partial charge in [-0.05, 0) is 45.4 Å². The number of nitrogens with one attached hydrogen (secondary N) is 1. The standard InChI is InChI=1S/C24H30N4O5S/c1-15(2)28-22-12-18(34(31,32)27-5-7-33-8-6-27)11-19(21(22)14-26-28)24(30)25-13-20-17(4)9-16(3)10-23(20)29/h9,11-12,14-15H,5-8,10,13H2,1-4H3,(H,25,30). The van der Waals surface area contributed by atoms with Gasteiger partial charge in [0, 0.05) is 43.1 Å². The summed E-state index contributed by atoms with van der Waals surface area (Å²) < 4.78 is 35.1. The largest absolute Gasteiger partial charge is 0.379 e. The molecule has 0 radical (unpaired) electrons. The fraction of sp³-hybridized carbons (Fsp3) is 0.458. The van der Waals surface area contributed by atoms with Gasteiger partial charge in [-0.3, -0.25) is 14.3 Å². The molecule has 2 aromatic rings. The van der Waals surface area contributed by atoms with E-state index in [9.17, 15) is 18.0 Å². The van der Waals surface area contributed by atoms with E-state index in [1.54, 1.807) is 16.9 Å². The third-order valence-corrected chi connectivity index (χ3v) is 8.05. The number of carbonyl (C=O) groups is 2. The number of amides is 1. The third-order valence-electron chi connectivity index (χ3n) is 6.17. The molecule has 10 heteroatoms. The number of rotatable bonds is 6. The molecule has 0 saturated carbocycles. The van der Waals surface area contributed by atoms with Crippen molar-refractivity contribution in [2.24, 2.45) is 0 Å². The van der Waals surface area contributed by atoms with Crippen molar-refractivity contribution in [2.75, 3.05) is 32.8 Å². The lowest BCUT2D eigenvalue weighted by molar-refractivity contribution is -0.115. The number of nitrogens with zero attached hydrogens (tertiary/aromatic N) is 3. The summed E-state index contributed by atoms with van der Waals surface area (Å²) in [6.45, 7) is 8.88. The average Bonchev–Trinajstić information content (AvgIpc) is 3.22. The van der Waals surface area contributed by atoms with Gasteiger partial charge in [0.15, 0.2) is 5.78 Å². The predicted molar refractivity (Wildman–Crippen MR) is 128 cm³/mol. The number of fused-ring (bicyclic) bond motifs is 1. The Kier molecular flexibility index (Phi) is 6.75. The van der Waals surface area contributed by atoms with Gasteiger partial charge in [0.1, 0.15) is 0 Å². The van der Waals surface area contributed by atoms with Crippen LogP contribution in [-0.2, 0) is 19.6 Å². The minimum absolute atomic E-state index is 0.0146. The van der Waals surface area contributed by atoms with Crippen LogP contribution in [-0.4, -0.2) is 67.0 Å². The highest BCUT2D eigenvalue weighted by molar-refractivity contribution is 7.89. The summed E-state index contributed by atoms with van der Waals surface area (Å²) in [7, 11) is -3.83. The lowest BCUT2D eigenvalue weighted by Gasteiger charge is -2.26. The van der Waals surface area contributed by atoms with Crippen molar-refractivity contribution in [1.82, 2.24) is 19.4 Å². The molecule has 9 nitrogen and oxygen atoms in total. The number of aromatic nitrogens is 2. The zero-order valence-corrected chi connectivity index (χ0v) is 20.7. The van der Waals surface area contributed by atoms with Crippen molar-refractivity contribution >= 4 is 32.6 Å². The maximum absolute atomic E-state index is 13.4. The Balaban J connectivity index is 1.73. The van der Waals surface area contributed by atoms with Crippen LogP contribution >= 0.6 is 0 Å². The highest BCUT2D eigenvalue weighted by atomic mass is 32.2. The zero-order chi connectivity index (χ0) is 24.6. The van der Waals surface area contributed by atoms with Crippen molar-refractivity contribution in [1.29, 1.82) is 0 Å². The Labute approximate surface area is 199 Å². The summed E-state index contributed by atoms with van der Waals surface area (Å²) in [5, 5.41) is 7.77. The fourth-order valence-corrected chi connectivity index (χ4v) is 5.85. The smallest absolute Gasteiger partial charge is 0.252 e. The number of benzene rings is 1. The van der Waals surface area contributed by atoms with Gasteiger partial charge in [-0.2, -0.15) is 9.40 Å². The fourth-order valence-electron chi connectivity index (χ4n) is 4.39. The van der Waals surface area contributed by atoms with Crippen molar-refractivity contribution in [3.05, 3.63) is 46.7 Å².